The number of nitrogens with zero attached hydrogens (tertiary/aromatic N) is 1. The van der Waals surface area contributed by atoms with Crippen LogP contribution in [0.4, 0.5) is 16.2 Å². The third-order valence-corrected chi connectivity index (χ3v) is 4.33. The van der Waals surface area contributed by atoms with Gasteiger partial charge in [0.25, 0.3) is 0 Å². The molecule has 1 amide bonds. The maximum absolute atomic E-state index is 13.1. The Hall–Kier alpha value is -3.02. The van der Waals surface area contributed by atoms with Gasteiger partial charge < -0.3 is 14.8 Å². The monoisotopic (exact) mass is 412 g/mol. The molecule has 162 valence electrons. The summed E-state index contributed by atoms with van der Waals surface area (Å²) < 4.78 is 10.7. The highest BCUT2D eigenvalue weighted by atomic mass is 16.6. The molecular weight excluding hydrogens is 380 g/mol. The first-order chi connectivity index (χ1) is 14.1. The van der Waals surface area contributed by atoms with Crippen LogP contribution in [0, 0.1) is 6.92 Å². The lowest BCUT2D eigenvalue weighted by atomic mass is 10.1. The number of benzene rings is 2. The fraction of sp³-hybridized carbons (Fsp3) is 0.417. The molecule has 0 heterocycles. The van der Waals surface area contributed by atoms with E-state index in [-0.39, 0.29) is 6.17 Å². The number of carbonyl (C=O) groups excluding carboxylic acids is 2. The lowest BCUT2D eigenvalue weighted by molar-refractivity contribution is 0.0525. The topological polar surface area (TPSA) is 67.9 Å². The molecular formula is C24H32N2O4. The van der Waals surface area contributed by atoms with Gasteiger partial charge in [0.1, 0.15) is 11.8 Å². The van der Waals surface area contributed by atoms with E-state index in [0.29, 0.717) is 24.3 Å². The molecule has 0 aromatic heterocycles. The zero-order valence-corrected chi connectivity index (χ0v) is 18.7. The van der Waals surface area contributed by atoms with Crippen LogP contribution in [0.5, 0.6) is 0 Å². The van der Waals surface area contributed by atoms with Crippen molar-refractivity contribution in [2.24, 2.45) is 0 Å². The van der Waals surface area contributed by atoms with Crippen LogP contribution in [0.15, 0.2) is 48.5 Å². The average molecular weight is 413 g/mol. The Kier molecular flexibility index (Phi) is 7.86. The summed E-state index contributed by atoms with van der Waals surface area (Å²) in [6, 6.07) is 14.8. The molecule has 0 bridgehead atoms. The Morgan fingerprint density at radius 3 is 2.10 bits per heavy atom. The van der Waals surface area contributed by atoms with Crippen molar-refractivity contribution in [3.8, 4) is 0 Å². The number of ether oxygens (including phenoxy) is 2. The van der Waals surface area contributed by atoms with Gasteiger partial charge in [0.2, 0.25) is 0 Å². The lowest BCUT2D eigenvalue weighted by Crippen LogP contribution is -2.47. The van der Waals surface area contributed by atoms with Crippen molar-refractivity contribution in [3.63, 3.8) is 0 Å². The van der Waals surface area contributed by atoms with Gasteiger partial charge in [-0.1, -0.05) is 24.6 Å². The van der Waals surface area contributed by atoms with Crippen molar-refractivity contribution in [2.45, 2.75) is 59.7 Å². The highest BCUT2D eigenvalue weighted by molar-refractivity contribution is 5.92. The Bertz CT molecular complexity index is 839. The first kappa shape index (κ1) is 23.3. The van der Waals surface area contributed by atoms with Gasteiger partial charge in [-0.05, 0) is 77.4 Å². The molecule has 0 radical (unpaired) electrons. The van der Waals surface area contributed by atoms with E-state index in [1.54, 1.807) is 36.1 Å². The number of amides is 1. The summed E-state index contributed by atoms with van der Waals surface area (Å²) in [4.78, 5) is 26.6. The molecule has 30 heavy (non-hydrogen) atoms. The lowest BCUT2D eigenvalue weighted by Gasteiger charge is -2.34. The summed E-state index contributed by atoms with van der Waals surface area (Å²) in [5, 5.41) is 3.41. The zero-order valence-electron chi connectivity index (χ0n) is 18.7. The summed E-state index contributed by atoms with van der Waals surface area (Å²) in [7, 11) is 0. The van der Waals surface area contributed by atoms with Gasteiger partial charge in [0, 0.05) is 11.4 Å². The molecule has 0 aliphatic rings. The molecule has 0 fully saturated rings. The number of anilines is 2. The van der Waals surface area contributed by atoms with Crippen LogP contribution in [-0.2, 0) is 9.47 Å². The molecule has 2 aromatic carbocycles. The average Bonchev–Trinajstić information content (AvgIpc) is 2.68. The Labute approximate surface area is 179 Å². The van der Waals surface area contributed by atoms with E-state index in [4.69, 9.17) is 9.47 Å². The van der Waals surface area contributed by atoms with Crippen LogP contribution in [0.1, 0.15) is 57.0 Å². The number of esters is 1. The number of carbonyl (C=O) groups is 2. The molecule has 1 atom stereocenters. The molecule has 0 aliphatic carbocycles. The minimum Gasteiger partial charge on any atom is -0.462 e. The van der Waals surface area contributed by atoms with Crippen molar-refractivity contribution < 1.29 is 19.1 Å². The summed E-state index contributed by atoms with van der Waals surface area (Å²) in [5.41, 5.74) is 2.49. The quantitative estimate of drug-likeness (QED) is 0.462. The van der Waals surface area contributed by atoms with Crippen molar-refractivity contribution in [1.29, 1.82) is 0 Å². The fourth-order valence-corrected chi connectivity index (χ4v) is 2.89. The molecule has 0 aliphatic heterocycles. The summed E-state index contributed by atoms with van der Waals surface area (Å²) in [6.07, 6.45) is -0.152. The minimum atomic E-state index is -0.637. The van der Waals surface area contributed by atoms with Crippen molar-refractivity contribution in [3.05, 3.63) is 59.7 Å². The first-order valence-electron chi connectivity index (χ1n) is 10.3. The fourth-order valence-electron chi connectivity index (χ4n) is 2.89. The molecule has 0 saturated carbocycles. The van der Waals surface area contributed by atoms with Crippen LogP contribution in [0.3, 0.4) is 0 Å². The number of nitrogens with one attached hydrogen (secondary N) is 1. The van der Waals surface area contributed by atoms with E-state index >= 15 is 0 Å². The summed E-state index contributed by atoms with van der Waals surface area (Å²) >= 11 is 0. The molecule has 1 unspecified atom stereocenters. The zero-order chi connectivity index (χ0) is 22.3. The van der Waals surface area contributed by atoms with Gasteiger partial charge in [0.05, 0.1) is 12.2 Å². The van der Waals surface area contributed by atoms with Gasteiger partial charge in [0.15, 0.2) is 0 Å². The maximum Gasteiger partial charge on any atom is 0.416 e. The predicted octanol–water partition coefficient (Wildman–Crippen LogP) is 5.76. The van der Waals surface area contributed by atoms with Gasteiger partial charge in [-0.15, -0.1) is 0 Å². The number of aryl methyl sites for hydroxylation is 1. The van der Waals surface area contributed by atoms with Crippen LogP contribution in [0.2, 0.25) is 0 Å². The SMILES string of the molecule is CCOC(=O)c1ccc(N(C(=O)OC(C)(C)C)C(CC)Nc2ccc(C)cc2)cc1. The highest BCUT2D eigenvalue weighted by Gasteiger charge is 2.29. The highest BCUT2D eigenvalue weighted by Crippen LogP contribution is 2.24. The first-order valence-corrected chi connectivity index (χ1v) is 10.3. The van der Waals surface area contributed by atoms with E-state index < -0.39 is 17.7 Å². The molecule has 2 rings (SSSR count). The van der Waals surface area contributed by atoms with Crippen molar-refractivity contribution in [1.82, 2.24) is 0 Å². The van der Waals surface area contributed by atoms with Crippen LogP contribution >= 0.6 is 0 Å². The van der Waals surface area contributed by atoms with E-state index in [2.05, 4.69) is 5.32 Å². The van der Waals surface area contributed by atoms with Gasteiger partial charge in [-0.3, -0.25) is 4.90 Å². The number of hydrogen-bond acceptors (Lipinski definition) is 5. The Balaban J connectivity index is 2.36. The predicted molar refractivity (Wildman–Crippen MR) is 120 cm³/mol. The third-order valence-electron chi connectivity index (χ3n) is 4.33. The van der Waals surface area contributed by atoms with Gasteiger partial charge >= 0.3 is 12.1 Å². The largest absolute Gasteiger partial charge is 0.462 e. The molecule has 0 spiro atoms. The van der Waals surface area contributed by atoms with Crippen molar-refractivity contribution in [2.75, 3.05) is 16.8 Å². The van der Waals surface area contributed by atoms with Crippen LogP contribution in [-0.4, -0.2) is 30.4 Å². The normalized spacial score (nSPS) is 12.1. The second kappa shape index (κ2) is 10.1. The Morgan fingerprint density at radius 1 is 1.00 bits per heavy atom. The van der Waals surface area contributed by atoms with Crippen molar-refractivity contribution >= 4 is 23.4 Å². The minimum absolute atomic E-state index is 0.309. The molecule has 0 saturated heterocycles. The second-order valence-electron chi connectivity index (χ2n) is 8.05. The molecule has 6 nitrogen and oxygen atoms in total. The van der Waals surface area contributed by atoms with E-state index in [0.717, 1.165) is 11.3 Å². The molecule has 2 aromatic rings. The van der Waals surface area contributed by atoms with E-state index in [9.17, 15) is 9.59 Å². The Morgan fingerprint density at radius 2 is 1.60 bits per heavy atom. The summed E-state index contributed by atoms with van der Waals surface area (Å²) in [5.74, 6) is -0.391. The maximum atomic E-state index is 13.1. The number of hydrogen-bond donors (Lipinski definition) is 1. The number of rotatable bonds is 7. The van der Waals surface area contributed by atoms with E-state index in [1.807, 2.05) is 58.9 Å². The van der Waals surface area contributed by atoms with Gasteiger partial charge in [-0.25, -0.2) is 9.59 Å². The smallest absolute Gasteiger partial charge is 0.416 e. The van der Waals surface area contributed by atoms with Gasteiger partial charge in [-0.2, -0.15) is 0 Å². The second-order valence-corrected chi connectivity index (χ2v) is 8.05. The van der Waals surface area contributed by atoms with Crippen LogP contribution < -0.4 is 10.2 Å². The third kappa shape index (κ3) is 6.51. The van der Waals surface area contributed by atoms with E-state index in [1.165, 1.54) is 0 Å². The molecule has 1 N–H and O–H groups in total. The van der Waals surface area contributed by atoms with Crippen LogP contribution in [0.25, 0.3) is 0 Å². The standard InChI is InChI=1S/C24H32N2O4/c1-7-21(25-19-13-9-17(3)10-14-19)26(23(28)30-24(4,5)6)20-15-11-18(12-16-20)22(27)29-8-2/h9-16,21,25H,7-8H2,1-6H3. The summed E-state index contributed by atoms with van der Waals surface area (Å²) in [6.45, 7) is 11.6. The molecule has 6 heteroatoms.